The van der Waals surface area contributed by atoms with Gasteiger partial charge in [0.05, 0.1) is 5.56 Å². The van der Waals surface area contributed by atoms with Crippen LogP contribution < -0.4 is 5.32 Å². The standard InChI is InChI=1S/C13H13F4NO3/c1-3-13(4-2,12(20)21)18-11(19)6-5-7(14)9(16)10(17)8(6)15/h5H,3-4H2,1-2H3,(H,18,19)(H,20,21). The van der Waals surface area contributed by atoms with E-state index in [-0.39, 0.29) is 18.9 Å². The Balaban J connectivity index is 3.24. The number of carboxylic acids is 1. The first-order valence-electron chi connectivity index (χ1n) is 6.09. The third-order valence-corrected chi connectivity index (χ3v) is 3.32. The van der Waals surface area contributed by atoms with Gasteiger partial charge in [0.1, 0.15) is 5.54 Å². The summed E-state index contributed by atoms with van der Waals surface area (Å²) in [5, 5.41) is 11.2. The predicted molar refractivity (Wildman–Crippen MR) is 64.7 cm³/mol. The molecule has 2 N–H and O–H groups in total. The molecule has 1 rings (SSSR count). The van der Waals surface area contributed by atoms with Crippen LogP contribution in [0.2, 0.25) is 0 Å². The van der Waals surface area contributed by atoms with Crippen LogP contribution in [0.5, 0.6) is 0 Å². The molecule has 0 radical (unpaired) electrons. The molecule has 116 valence electrons. The molecule has 0 aliphatic heterocycles. The van der Waals surface area contributed by atoms with Crippen molar-refractivity contribution < 1.29 is 32.3 Å². The number of halogens is 4. The van der Waals surface area contributed by atoms with Gasteiger partial charge in [0.2, 0.25) is 0 Å². The predicted octanol–water partition coefficient (Wildman–Crippen LogP) is 2.62. The molecule has 0 aliphatic carbocycles. The Morgan fingerprint density at radius 3 is 2.05 bits per heavy atom. The Bertz CT molecular complexity index is 585. The third kappa shape index (κ3) is 2.98. The quantitative estimate of drug-likeness (QED) is 0.499. The summed E-state index contributed by atoms with van der Waals surface area (Å²) in [4.78, 5) is 23.1. The molecule has 0 bridgehead atoms. The van der Waals surface area contributed by atoms with E-state index in [4.69, 9.17) is 5.11 Å². The van der Waals surface area contributed by atoms with E-state index in [2.05, 4.69) is 0 Å². The van der Waals surface area contributed by atoms with Crippen LogP contribution in [0.25, 0.3) is 0 Å². The van der Waals surface area contributed by atoms with Gasteiger partial charge in [-0.25, -0.2) is 22.4 Å². The normalized spacial score (nSPS) is 11.3. The van der Waals surface area contributed by atoms with Gasteiger partial charge >= 0.3 is 5.97 Å². The average molecular weight is 307 g/mol. The molecule has 21 heavy (non-hydrogen) atoms. The molecule has 0 atom stereocenters. The molecule has 1 aromatic carbocycles. The second-order valence-electron chi connectivity index (χ2n) is 4.40. The number of carbonyl (C=O) groups is 2. The number of nitrogens with one attached hydrogen (secondary N) is 1. The summed E-state index contributed by atoms with van der Waals surface area (Å²) in [5.41, 5.74) is -2.80. The highest BCUT2D eigenvalue weighted by Crippen LogP contribution is 2.21. The summed E-state index contributed by atoms with van der Waals surface area (Å²) in [6.45, 7) is 2.94. The van der Waals surface area contributed by atoms with Gasteiger partial charge < -0.3 is 10.4 Å². The van der Waals surface area contributed by atoms with Crippen LogP contribution in [-0.4, -0.2) is 22.5 Å². The van der Waals surface area contributed by atoms with Crippen LogP contribution >= 0.6 is 0 Å². The number of benzene rings is 1. The number of rotatable bonds is 5. The van der Waals surface area contributed by atoms with E-state index in [9.17, 15) is 27.2 Å². The fraction of sp³-hybridized carbons (Fsp3) is 0.385. The maximum atomic E-state index is 13.5. The van der Waals surface area contributed by atoms with Crippen molar-refractivity contribution in [1.29, 1.82) is 0 Å². The minimum Gasteiger partial charge on any atom is -0.480 e. The number of hydrogen-bond acceptors (Lipinski definition) is 2. The van der Waals surface area contributed by atoms with Crippen molar-refractivity contribution >= 4 is 11.9 Å². The number of carboxylic acid groups (broad SMARTS) is 1. The van der Waals surface area contributed by atoms with Crippen molar-refractivity contribution in [3.8, 4) is 0 Å². The van der Waals surface area contributed by atoms with Crippen LogP contribution in [0.4, 0.5) is 17.6 Å². The molecule has 0 fully saturated rings. The molecule has 4 nitrogen and oxygen atoms in total. The highest BCUT2D eigenvalue weighted by molar-refractivity contribution is 5.98. The Morgan fingerprint density at radius 2 is 1.62 bits per heavy atom. The van der Waals surface area contributed by atoms with Gasteiger partial charge in [0.25, 0.3) is 5.91 Å². The summed E-state index contributed by atoms with van der Waals surface area (Å²) in [7, 11) is 0. The summed E-state index contributed by atoms with van der Waals surface area (Å²) in [5.74, 6) is -10.5. The van der Waals surface area contributed by atoms with Gasteiger partial charge in [0, 0.05) is 0 Å². The molecule has 0 saturated heterocycles. The van der Waals surface area contributed by atoms with Crippen LogP contribution in [0, 0.1) is 23.3 Å². The molecule has 0 heterocycles. The molecule has 0 saturated carbocycles. The second kappa shape index (κ2) is 6.11. The molecule has 8 heteroatoms. The first kappa shape index (κ1) is 16.9. The van der Waals surface area contributed by atoms with Gasteiger partial charge in [-0.2, -0.15) is 0 Å². The molecule has 1 amide bonds. The zero-order valence-corrected chi connectivity index (χ0v) is 11.3. The molecule has 0 aliphatic rings. The minimum atomic E-state index is -2.13. The van der Waals surface area contributed by atoms with Crippen molar-refractivity contribution in [2.24, 2.45) is 0 Å². The monoisotopic (exact) mass is 307 g/mol. The molecule has 0 unspecified atom stereocenters. The van der Waals surface area contributed by atoms with Crippen molar-refractivity contribution in [3.63, 3.8) is 0 Å². The van der Waals surface area contributed by atoms with Crippen molar-refractivity contribution in [1.82, 2.24) is 5.32 Å². The van der Waals surface area contributed by atoms with Gasteiger partial charge in [-0.05, 0) is 18.9 Å². The molecular formula is C13H13F4NO3. The minimum absolute atomic E-state index is 0.0294. The lowest BCUT2D eigenvalue weighted by atomic mass is 9.92. The first-order valence-corrected chi connectivity index (χ1v) is 6.09. The highest BCUT2D eigenvalue weighted by atomic mass is 19.2. The zero-order valence-electron chi connectivity index (χ0n) is 11.3. The van der Waals surface area contributed by atoms with E-state index < -0.39 is 46.2 Å². The SMILES string of the molecule is CCC(CC)(NC(=O)c1cc(F)c(F)c(F)c1F)C(=O)O. The lowest BCUT2D eigenvalue weighted by molar-refractivity contribution is -0.144. The van der Waals surface area contributed by atoms with E-state index in [1.54, 1.807) is 0 Å². The lowest BCUT2D eigenvalue weighted by Gasteiger charge is -2.28. The molecule has 1 aromatic rings. The summed E-state index contributed by atoms with van der Waals surface area (Å²) in [6.07, 6.45) is -0.0588. The Morgan fingerprint density at radius 1 is 1.10 bits per heavy atom. The van der Waals surface area contributed by atoms with Crippen LogP contribution in [-0.2, 0) is 4.79 Å². The zero-order chi connectivity index (χ0) is 16.4. The van der Waals surface area contributed by atoms with Gasteiger partial charge in [0.15, 0.2) is 23.3 Å². The van der Waals surface area contributed by atoms with E-state index in [0.29, 0.717) is 0 Å². The maximum absolute atomic E-state index is 13.5. The van der Waals surface area contributed by atoms with Crippen molar-refractivity contribution in [3.05, 3.63) is 34.9 Å². The number of hydrogen-bond donors (Lipinski definition) is 2. The van der Waals surface area contributed by atoms with E-state index in [1.807, 2.05) is 5.32 Å². The number of amides is 1. The van der Waals surface area contributed by atoms with Crippen LogP contribution in [0.15, 0.2) is 6.07 Å². The first-order chi connectivity index (χ1) is 9.70. The fourth-order valence-corrected chi connectivity index (χ4v) is 1.81. The molecule has 0 spiro atoms. The highest BCUT2D eigenvalue weighted by Gasteiger charge is 2.37. The largest absolute Gasteiger partial charge is 0.480 e. The van der Waals surface area contributed by atoms with E-state index in [0.717, 1.165) is 0 Å². The summed E-state index contributed by atoms with van der Waals surface area (Å²) in [6, 6.07) is 0.182. The Hall–Kier alpha value is -2.12. The summed E-state index contributed by atoms with van der Waals surface area (Å²) >= 11 is 0. The van der Waals surface area contributed by atoms with Gasteiger partial charge in [-0.3, -0.25) is 4.79 Å². The Labute approximate surface area is 117 Å². The van der Waals surface area contributed by atoms with Gasteiger partial charge in [-0.15, -0.1) is 0 Å². The fourth-order valence-electron chi connectivity index (χ4n) is 1.81. The molecular weight excluding hydrogens is 294 g/mol. The maximum Gasteiger partial charge on any atom is 0.329 e. The molecule has 0 aromatic heterocycles. The van der Waals surface area contributed by atoms with Crippen molar-refractivity contribution in [2.75, 3.05) is 0 Å². The topological polar surface area (TPSA) is 66.4 Å². The van der Waals surface area contributed by atoms with E-state index in [1.165, 1.54) is 13.8 Å². The average Bonchev–Trinajstić information content (AvgIpc) is 2.45. The van der Waals surface area contributed by atoms with Crippen LogP contribution in [0.1, 0.15) is 37.0 Å². The second-order valence-corrected chi connectivity index (χ2v) is 4.40. The lowest BCUT2D eigenvalue weighted by Crippen LogP contribution is -2.53. The van der Waals surface area contributed by atoms with E-state index >= 15 is 0 Å². The smallest absolute Gasteiger partial charge is 0.329 e. The Kier molecular flexibility index (Phi) is 4.93. The summed E-state index contributed by atoms with van der Waals surface area (Å²) < 4.78 is 52.4. The number of carbonyl (C=O) groups excluding carboxylic acids is 1. The van der Waals surface area contributed by atoms with Gasteiger partial charge in [-0.1, -0.05) is 13.8 Å². The number of aliphatic carboxylic acids is 1. The third-order valence-electron chi connectivity index (χ3n) is 3.32. The van der Waals surface area contributed by atoms with Crippen molar-refractivity contribution in [2.45, 2.75) is 32.2 Å². The van der Waals surface area contributed by atoms with Crippen LogP contribution in [0.3, 0.4) is 0 Å².